The number of methoxy groups -OCH3 is 2. The summed E-state index contributed by atoms with van der Waals surface area (Å²) in [5.41, 5.74) is 1.50. The summed E-state index contributed by atoms with van der Waals surface area (Å²) in [6.45, 7) is 3.88. The van der Waals surface area contributed by atoms with Gasteiger partial charge in [-0.2, -0.15) is 0 Å². The Bertz CT molecular complexity index is 580. The first-order valence-corrected chi connectivity index (χ1v) is 6.39. The van der Waals surface area contributed by atoms with Crippen molar-refractivity contribution < 1.29 is 19.0 Å². The average Bonchev–Trinajstić information content (AvgIpc) is 2.87. The molecule has 0 radical (unpaired) electrons. The highest BCUT2D eigenvalue weighted by Gasteiger charge is 2.20. The maximum absolute atomic E-state index is 11.7. The largest absolute Gasteiger partial charge is 0.493 e. The van der Waals surface area contributed by atoms with Crippen LogP contribution in [0.4, 0.5) is 0 Å². The van der Waals surface area contributed by atoms with Crippen molar-refractivity contribution in [3.8, 4) is 11.5 Å². The molecule has 1 atom stereocenters. The van der Waals surface area contributed by atoms with Gasteiger partial charge in [0.25, 0.3) is 0 Å². The molecule has 0 spiro atoms. The lowest BCUT2D eigenvalue weighted by atomic mass is 10.2. The third-order valence-corrected chi connectivity index (χ3v) is 3.06. The number of ether oxygens (including phenoxy) is 3. The SMILES string of the molecule is CCOC(=O)C(C)c1nc2cc(OC)c(OC)cc2[nH]1. The second-order valence-electron chi connectivity index (χ2n) is 4.32. The predicted octanol–water partition coefficient (Wildman–Crippen LogP) is 2.25. The third kappa shape index (κ3) is 2.54. The number of carbonyl (C=O) groups excluding carboxylic acids is 1. The quantitative estimate of drug-likeness (QED) is 0.849. The van der Waals surface area contributed by atoms with Gasteiger partial charge in [-0.1, -0.05) is 0 Å². The van der Waals surface area contributed by atoms with Gasteiger partial charge in [0.05, 0.1) is 31.9 Å². The van der Waals surface area contributed by atoms with Gasteiger partial charge in [0.2, 0.25) is 0 Å². The van der Waals surface area contributed by atoms with E-state index >= 15 is 0 Å². The number of rotatable bonds is 5. The summed E-state index contributed by atoms with van der Waals surface area (Å²) in [6, 6.07) is 3.56. The van der Waals surface area contributed by atoms with E-state index < -0.39 is 5.92 Å². The van der Waals surface area contributed by atoms with Gasteiger partial charge in [0, 0.05) is 12.1 Å². The van der Waals surface area contributed by atoms with Gasteiger partial charge in [-0.05, 0) is 13.8 Å². The number of esters is 1. The van der Waals surface area contributed by atoms with Crippen molar-refractivity contribution in [2.75, 3.05) is 20.8 Å². The highest BCUT2D eigenvalue weighted by Crippen LogP contribution is 2.31. The summed E-state index contributed by atoms with van der Waals surface area (Å²) in [6.07, 6.45) is 0. The molecule has 108 valence electrons. The zero-order valence-corrected chi connectivity index (χ0v) is 12.0. The molecule has 6 heteroatoms. The monoisotopic (exact) mass is 278 g/mol. The van der Waals surface area contributed by atoms with Crippen LogP contribution in [-0.2, 0) is 9.53 Å². The number of nitrogens with zero attached hydrogens (tertiary/aromatic N) is 1. The van der Waals surface area contributed by atoms with E-state index in [1.165, 1.54) is 0 Å². The number of imidazole rings is 1. The number of hydrogen-bond acceptors (Lipinski definition) is 5. The van der Waals surface area contributed by atoms with Crippen LogP contribution in [0.15, 0.2) is 12.1 Å². The molecule has 1 aromatic heterocycles. The molecule has 0 saturated carbocycles. The van der Waals surface area contributed by atoms with Crippen molar-refractivity contribution in [2.45, 2.75) is 19.8 Å². The highest BCUT2D eigenvalue weighted by atomic mass is 16.5. The summed E-state index contributed by atoms with van der Waals surface area (Å²) >= 11 is 0. The summed E-state index contributed by atoms with van der Waals surface area (Å²) in [5, 5.41) is 0. The predicted molar refractivity (Wildman–Crippen MR) is 74.2 cm³/mol. The second kappa shape index (κ2) is 5.81. The minimum absolute atomic E-state index is 0.300. The number of benzene rings is 1. The number of aromatic amines is 1. The first kappa shape index (κ1) is 14.2. The van der Waals surface area contributed by atoms with E-state index in [-0.39, 0.29) is 5.97 Å². The standard InChI is InChI=1S/C14H18N2O4/c1-5-20-14(17)8(2)13-15-9-6-11(18-3)12(19-4)7-10(9)16-13/h6-8H,5H2,1-4H3,(H,15,16). The molecule has 6 nitrogen and oxygen atoms in total. The van der Waals surface area contributed by atoms with Crippen LogP contribution in [0, 0.1) is 0 Å². The van der Waals surface area contributed by atoms with Crippen LogP contribution >= 0.6 is 0 Å². The van der Waals surface area contributed by atoms with E-state index in [4.69, 9.17) is 14.2 Å². The Labute approximate surface area is 117 Å². The van der Waals surface area contributed by atoms with Crippen LogP contribution in [0.2, 0.25) is 0 Å². The summed E-state index contributed by atoms with van der Waals surface area (Å²) in [4.78, 5) is 19.3. The van der Waals surface area contributed by atoms with E-state index in [2.05, 4.69) is 9.97 Å². The second-order valence-corrected chi connectivity index (χ2v) is 4.32. The zero-order chi connectivity index (χ0) is 14.7. The van der Waals surface area contributed by atoms with E-state index in [1.54, 1.807) is 40.2 Å². The third-order valence-electron chi connectivity index (χ3n) is 3.06. The number of carbonyl (C=O) groups is 1. The topological polar surface area (TPSA) is 73.4 Å². The molecule has 0 fully saturated rings. The van der Waals surface area contributed by atoms with E-state index in [9.17, 15) is 4.79 Å². The Hall–Kier alpha value is -2.24. The molecule has 0 aliphatic carbocycles. The van der Waals surface area contributed by atoms with Gasteiger partial charge < -0.3 is 19.2 Å². The van der Waals surface area contributed by atoms with Crippen LogP contribution in [0.25, 0.3) is 11.0 Å². The molecule has 1 unspecified atom stereocenters. The van der Waals surface area contributed by atoms with E-state index in [0.29, 0.717) is 29.4 Å². The fourth-order valence-electron chi connectivity index (χ4n) is 1.94. The van der Waals surface area contributed by atoms with Crippen molar-refractivity contribution in [3.63, 3.8) is 0 Å². The lowest BCUT2D eigenvalue weighted by molar-refractivity contribution is -0.144. The van der Waals surface area contributed by atoms with Gasteiger partial charge in [-0.15, -0.1) is 0 Å². The molecule has 1 heterocycles. The fraction of sp³-hybridized carbons (Fsp3) is 0.429. The van der Waals surface area contributed by atoms with Crippen LogP contribution < -0.4 is 9.47 Å². The van der Waals surface area contributed by atoms with Crippen molar-refractivity contribution >= 4 is 17.0 Å². The Morgan fingerprint density at radius 2 is 1.95 bits per heavy atom. The smallest absolute Gasteiger partial charge is 0.316 e. The van der Waals surface area contributed by atoms with Gasteiger partial charge >= 0.3 is 5.97 Å². The van der Waals surface area contributed by atoms with E-state index in [0.717, 1.165) is 5.52 Å². The first-order chi connectivity index (χ1) is 9.60. The van der Waals surface area contributed by atoms with Crippen LogP contribution in [0.1, 0.15) is 25.6 Å². The first-order valence-electron chi connectivity index (χ1n) is 6.39. The number of nitrogens with one attached hydrogen (secondary N) is 1. The highest BCUT2D eigenvalue weighted by molar-refractivity contribution is 5.82. The molecule has 0 amide bonds. The summed E-state index contributed by atoms with van der Waals surface area (Å²) in [5.74, 6) is 1.03. The van der Waals surface area contributed by atoms with Crippen molar-refractivity contribution in [2.24, 2.45) is 0 Å². The maximum Gasteiger partial charge on any atom is 0.316 e. The molecule has 0 saturated heterocycles. The van der Waals surface area contributed by atoms with E-state index in [1.807, 2.05) is 0 Å². The maximum atomic E-state index is 11.7. The van der Waals surface area contributed by atoms with Crippen molar-refractivity contribution in [1.29, 1.82) is 0 Å². The molecular formula is C14H18N2O4. The summed E-state index contributed by atoms with van der Waals surface area (Å²) in [7, 11) is 3.14. The van der Waals surface area contributed by atoms with Crippen LogP contribution in [0.5, 0.6) is 11.5 Å². The molecule has 1 N–H and O–H groups in total. The Morgan fingerprint density at radius 3 is 2.55 bits per heavy atom. The van der Waals surface area contributed by atoms with Gasteiger partial charge in [0.1, 0.15) is 11.7 Å². The van der Waals surface area contributed by atoms with Gasteiger partial charge in [-0.25, -0.2) is 4.98 Å². The Morgan fingerprint density at radius 1 is 1.30 bits per heavy atom. The molecule has 0 aliphatic rings. The average molecular weight is 278 g/mol. The molecule has 0 bridgehead atoms. The summed E-state index contributed by atoms with van der Waals surface area (Å²) < 4.78 is 15.5. The zero-order valence-electron chi connectivity index (χ0n) is 12.0. The fourth-order valence-corrected chi connectivity index (χ4v) is 1.94. The normalized spacial score (nSPS) is 12.2. The van der Waals surface area contributed by atoms with Crippen molar-refractivity contribution in [3.05, 3.63) is 18.0 Å². The number of hydrogen-bond donors (Lipinski definition) is 1. The minimum Gasteiger partial charge on any atom is -0.493 e. The minimum atomic E-state index is -0.445. The molecule has 2 aromatic rings. The number of H-pyrrole nitrogens is 1. The van der Waals surface area contributed by atoms with Crippen LogP contribution in [-0.4, -0.2) is 36.8 Å². The van der Waals surface area contributed by atoms with Crippen molar-refractivity contribution in [1.82, 2.24) is 9.97 Å². The van der Waals surface area contributed by atoms with Crippen LogP contribution in [0.3, 0.4) is 0 Å². The van der Waals surface area contributed by atoms with Gasteiger partial charge in [-0.3, -0.25) is 4.79 Å². The number of aromatic nitrogens is 2. The Kier molecular flexibility index (Phi) is 4.12. The molecule has 0 aliphatic heterocycles. The molecule has 1 aromatic carbocycles. The lowest BCUT2D eigenvalue weighted by Crippen LogP contribution is -2.14. The van der Waals surface area contributed by atoms with Gasteiger partial charge in [0.15, 0.2) is 11.5 Å². The molecule has 20 heavy (non-hydrogen) atoms. The molecular weight excluding hydrogens is 260 g/mol. The number of fused-ring (bicyclic) bond motifs is 1. The lowest BCUT2D eigenvalue weighted by Gasteiger charge is -2.06. The Balaban J connectivity index is 2.40. The molecule has 2 rings (SSSR count).